The molecule has 0 fully saturated rings. The Morgan fingerprint density at radius 1 is 1.17 bits per heavy atom. The Labute approximate surface area is 239 Å². The fourth-order valence-corrected chi connectivity index (χ4v) is 6.75. The van der Waals surface area contributed by atoms with Crippen molar-refractivity contribution in [2.75, 3.05) is 19.6 Å². The summed E-state index contributed by atoms with van der Waals surface area (Å²) in [4.78, 5) is 29.2. The Hall–Kier alpha value is -3.65. The molecule has 13 heteroatoms. The van der Waals surface area contributed by atoms with Crippen molar-refractivity contribution in [3.05, 3.63) is 58.3 Å². The molecule has 5 N–H and O–H groups in total. The second kappa shape index (κ2) is 12.9. The van der Waals surface area contributed by atoms with Crippen molar-refractivity contribution in [1.82, 2.24) is 30.5 Å². The molecular weight excluding hydrogens is 546 g/mol. The van der Waals surface area contributed by atoms with Crippen LogP contribution < -0.4 is 20.7 Å². The van der Waals surface area contributed by atoms with E-state index in [0.29, 0.717) is 16.7 Å². The zero-order chi connectivity index (χ0) is 29.7. The molecule has 0 spiro atoms. The largest absolute Gasteiger partial charge is 0.480 e. The van der Waals surface area contributed by atoms with Crippen molar-refractivity contribution >= 4 is 39.0 Å². The Morgan fingerprint density at radius 3 is 2.56 bits per heavy atom. The number of aliphatic carboxylic acids is 1. The first-order chi connectivity index (χ1) is 19.5. The number of hydrogen-bond acceptors (Lipinski definition) is 8. The van der Waals surface area contributed by atoms with Gasteiger partial charge in [0.05, 0.1) is 16.1 Å². The van der Waals surface area contributed by atoms with E-state index in [1.807, 2.05) is 19.2 Å². The first kappa shape index (κ1) is 30.3. The number of carboxylic acids is 1. The van der Waals surface area contributed by atoms with Crippen LogP contribution in [0, 0.1) is 20.8 Å². The maximum Gasteiger partial charge on any atom is 0.323 e. The first-order valence-electron chi connectivity index (χ1n) is 13.5. The molecule has 220 valence electrons. The summed E-state index contributed by atoms with van der Waals surface area (Å²) in [5, 5.41) is 24.4. The van der Waals surface area contributed by atoms with Gasteiger partial charge in [-0.05, 0) is 69.8 Å². The molecule has 2 atom stereocenters. The van der Waals surface area contributed by atoms with Gasteiger partial charge in [-0.25, -0.2) is 8.42 Å². The summed E-state index contributed by atoms with van der Waals surface area (Å²) in [6, 6.07) is 7.06. The predicted molar refractivity (Wildman–Crippen MR) is 157 cm³/mol. The molecule has 12 nitrogen and oxygen atoms in total. The quantitative estimate of drug-likeness (QED) is 0.200. The fraction of sp³-hybridized carbons (Fsp3) is 0.429. The van der Waals surface area contributed by atoms with E-state index in [4.69, 9.17) is 0 Å². The normalized spacial score (nSPS) is 16.1. The molecule has 1 aromatic heterocycles. The summed E-state index contributed by atoms with van der Waals surface area (Å²) in [5.74, 6) is -1.92. The molecule has 2 unspecified atom stereocenters. The van der Waals surface area contributed by atoms with Crippen molar-refractivity contribution in [3.8, 4) is 0 Å². The molecule has 0 saturated carbocycles. The highest BCUT2D eigenvalue weighted by molar-refractivity contribution is 7.89. The van der Waals surface area contributed by atoms with Gasteiger partial charge in [0.25, 0.3) is 5.91 Å². The van der Waals surface area contributed by atoms with Gasteiger partial charge in [0.15, 0.2) is 6.29 Å². The monoisotopic (exact) mass is 583 g/mol. The van der Waals surface area contributed by atoms with Crippen molar-refractivity contribution in [2.24, 2.45) is 12.0 Å². The lowest BCUT2D eigenvalue weighted by molar-refractivity contribution is -0.138. The average Bonchev–Trinajstić information content (AvgIpc) is 3.23. The SMILES string of the molecule is Cc1cc(C)c(S(=O)(=O)NC(CNC(=O)c2ccc3c(CCCNC4N=CCCN4)nn(C)c3c2)C(=O)O)c(C)c1. The number of nitrogens with one attached hydrogen (secondary N) is 4. The molecule has 0 bridgehead atoms. The highest BCUT2D eigenvalue weighted by Gasteiger charge is 2.28. The fourth-order valence-electron chi connectivity index (χ4n) is 5.11. The number of aryl methyl sites for hydroxylation is 5. The number of hydrogen-bond donors (Lipinski definition) is 5. The van der Waals surface area contributed by atoms with Gasteiger partial charge in [0.2, 0.25) is 10.0 Å². The number of aromatic nitrogens is 2. The molecule has 2 heterocycles. The van der Waals surface area contributed by atoms with E-state index >= 15 is 0 Å². The van der Waals surface area contributed by atoms with Crippen LogP contribution >= 0.6 is 0 Å². The number of aliphatic imine (C=N–C) groups is 1. The number of amides is 1. The molecule has 0 saturated heterocycles. The van der Waals surface area contributed by atoms with Gasteiger partial charge >= 0.3 is 5.97 Å². The molecule has 0 aliphatic carbocycles. The molecule has 1 amide bonds. The van der Waals surface area contributed by atoms with Crippen LogP contribution in [0.15, 0.2) is 40.2 Å². The number of rotatable bonds is 12. The number of carbonyl (C=O) groups excluding carboxylic acids is 1. The summed E-state index contributed by atoms with van der Waals surface area (Å²) in [6.07, 6.45) is 4.40. The van der Waals surface area contributed by atoms with Crippen LogP contribution in [0.3, 0.4) is 0 Å². The minimum Gasteiger partial charge on any atom is -0.480 e. The third-order valence-electron chi connectivity index (χ3n) is 6.92. The van der Waals surface area contributed by atoms with Gasteiger partial charge in [-0.1, -0.05) is 23.8 Å². The van der Waals surface area contributed by atoms with Gasteiger partial charge < -0.3 is 10.4 Å². The predicted octanol–water partition coefficient (Wildman–Crippen LogP) is 1.53. The van der Waals surface area contributed by atoms with E-state index in [2.05, 4.69) is 30.8 Å². The molecular formula is C28H37N7O5S. The minimum absolute atomic E-state index is 0.0353. The lowest BCUT2D eigenvalue weighted by Gasteiger charge is -2.18. The standard InChI is InChI=1S/C28H37N7O5S/c1-17-13-18(2)25(19(3)14-17)41(39,40)34-23(27(37)38)16-32-26(36)20-8-9-21-22(33-35(4)24(21)15-20)7-5-10-29-28-30-11-6-12-31-28/h8-9,11,13-15,23,28-29,31,34H,5-7,10,12,16H2,1-4H3,(H,32,36)(H,37,38). The van der Waals surface area contributed by atoms with E-state index in [9.17, 15) is 23.1 Å². The van der Waals surface area contributed by atoms with E-state index < -0.39 is 34.5 Å². The molecule has 1 aliphatic rings. The molecule has 2 aromatic carbocycles. The molecule has 3 aromatic rings. The summed E-state index contributed by atoms with van der Waals surface area (Å²) < 4.78 is 30.1. The number of carboxylic acid groups (broad SMARTS) is 1. The lowest BCUT2D eigenvalue weighted by Crippen LogP contribution is -2.48. The van der Waals surface area contributed by atoms with Crippen LogP contribution in [0.25, 0.3) is 10.9 Å². The van der Waals surface area contributed by atoms with Crippen LogP contribution in [0.2, 0.25) is 0 Å². The van der Waals surface area contributed by atoms with Crippen LogP contribution in [0.1, 0.15) is 45.6 Å². The Balaban J connectivity index is 1.39. The van der Waals surface area contributed by atoms with Gasteiger partial charge in [-0.2, -0.15) is 9.82 Å². The third kappa shape index (κ3) is 7.36. The van der Waals surface area contributed by atoms with Crippen molar-refractivity contribution in [3.63, 3.8) is 0 Å². The number of sulfonamides is 1. The third-order valence-corrected chi connectivity index (χ3v) is 8.70. The zero-order valence-corrected chi connectivity index (χ0v) is 24.5. The molecule has 4 rings (SSSR count). The zero-order valence-electron chi connectivity index (χ0n) is 23.7. The topological polar surface area (TPSA) is 167 Å². The Morgan fingerprint density at radius 2 is 1.90 bits per heavy atom. The van der Waals surface area contributed by atoms with Crippen molar-refractivity contribution < 1.29 is 23.1 Å². The van der Waals surface area contributed by atoms with Crippen LogP contribution in [-0.2, 0) is 28.3 Å². The maximum atomic E-state index is 13.1. The summed E-state index contributed by atoms with van der Waals surface area (Å²) in [7, 11) is -2.35. The highest BCUT2D eigenvalue weighted by Crippen LogP contribution is 2.23. The molecule has 0 radical (unpaired) electrons. The summed E-state index contributed by atoms with van der Waals surface area (Å²) >= 11 is 0. The number of nitrogens with zero attached hydrogens (tertiary/aromatic N) is 3. The Bertz CT molecular complexity index is 1560. The smallest absolute Gasteiger partial charge is 0.323 e. The number of benzene rings is 2. The summed E-state index contributed by atoms with van der Waals surface area (Å²) in [5.41, 5.74) is 3.92. The van der Waals surface area contributed by atoms with Crippen LogP contribution in [0.4, 0.5) is 0 Å². The van der Waals surface area contributed by atoms with Crippen LogP contribution in [0.5, 0.6) is 0 Å². The number of fused-ring (bicyclic) bond motifs is 1. The number of carbonyl (C=O) groups is 2. The minimum atomic E-state index is -4.15. The van der Waals surface area contributed by atoms with E-state index in [-0.39, 0.29) is 11.2 Å². The van der Waals surface area contributed by atoms with Gasteiger partial charge in [-0.3, -0.25) is 29.9 Å². The van der Waals surface area contributed by atoms with Crippen molar-refractivity contribution in [2.45, 2.75) is 57.3 Å². The second-order valence-electron chi connectivity index (χ2n) is 10.3. The van der Waals surface area contributed by atoms with E-state index in [1.165, 1.54) is 0 Å². The highest BCUT2D eigenvalue weighted by atomic mass is 32.2. The first-order valence-corrected chi connectivity index (χ1v) is 15.0. The van der Waals surface area contributed by atoms with E-state index in [0.717, 1.165) is 54.5 Å². The maximum absolute atomic E-state index is 13.1. The molecule has 1 aliphatic heterocycles. The van der Waals surface area contributed by atoms with E-state index in [1.54, 1.807) is 49.8 Å². The Kier molecular flexibility index (Phi) is 9.53. The van der Waals surface area contributed by atoms with Gasteiger partial charge in [0, 0.05) is 37.3 Å². The lowest BCUT2D eigenvalue weighted by atomic mass is 10.1. The van der Waals surface area contributed by atoms with Crippen molar-refractivity contribution in [1.29, 1.82) is 0 Å². The van der Waals surface area contributed by atoms with Gasteiger partial charge in [0.1, 0.15) is 6.04 Å². The average molecular weight is 584 g/mol. The van der Waals surface area contributed by atoms with Gasteiger partial charge in [-0.15, -0.1) is 0 Å². The van der Waals surface area contributed by atoms with Crippen LogP contribution in [-0.4, -0.2) is 73.4 Å². The summed E-state index contributed by atoms with van der Waals surface area (Å²) in [6.45, 7) is 6.42. The second-order valence-corrected chi connectivity index (χ2v) is 11.9. The molecule has 41 heavy (non-hydrogen) atoms.